The molecule has 3 atom stereocenters. The predicted molar refractivity (Wildman–Crippen MR) is 84.0 cm³/mol. The van der Waals surface area contributed by atoms with Gasteiger partial charge in [-0.25, -0.2) is 8.42 Å². The van der Waals surface area contributed by atoms with E-state index in [0.29, 0.717) is 4.90 Å². The fourth-order valence-electron chi connectivity index (χ4n) is 2.79. The minimum Gasteiger partial charge on any atom is -0.326 e. The van der Waals surface area contributed by atoms with Crippen molar-refractivity contribution >= 4 is 9.84 Å². The van der Waals surface area contributed by atoms with Crippen LogP contribution >= 0.6 is 0 Å². The lowest BCUT2D eigenvalue weighted by Crippen LogP contribution is -2.15. The van der Waals surface area contributed by atoms with Gasteiger partial charge in [-0.05, 0) is 31.5 Å². The maximum absolute atomic E-state index is 12.7. The number of rotatable bonds is 3. The highest BCUT2D eigenvalue weighted by molar-refractivity contribution is 7.92. The van der Waals surface area contributed by atoms with E-state index in [-0.39, 0.29) is 12.0 Å². The summed E-state index contributed by atoms with van der Waals surface area (Å²) < 4.78 is 25.4. The molecule has 1 aliphatic carbocycles. The highest BCUT2D eigenvalue weighted by Gasteiger charge is 2.56. The van der Waals surface area contributed by atoms with E-state index in [0.717, 1.165) is 16.7 Å². The van der Waals surface area contributed by atoms with Crippen molar-refractivity contribution in [2.45, 2.75) is 36.0 Å². The molecule has 3 rings (SSSR count). The summed E-state index contributed by atoms with van der Waals surface area (Å²) in [5.74, 6) is -0.100. The highest BCUT2D eigenvalue weighted by Crippen LogP contribution is 2.47. The summed E-state index contributed by atoms with van der Waals surface area (Å²) in [5.41, 5.74) is 9.27. The van der Waals surface area contributed by atoms with Crippen LogP contribution in [0.25, 0.3) is 0 Å². The van der Waals surface area contributed by atoms with E-state index in [4.69, 9.17) is 5.73 Å². The van der Waals surface area contributed by atoms with Crippen LogP contribution in [0, 0.1) is 13.8 Å². The zero-order chi connectivity index (χ0) is 15.2. The molecule has 1 saturated carbocycles. The molecule has 0 amide bonds. The standard InChI is InChI=1S/C17H19NO2S/c1-11-3-7-13(8-4-11)15-16(18)17(15)21(19,20)14-9-5-12(2)6-10-14/h3-10,15-17H,18H2,1-2H3/t15-,16+,17+/m1/s1. The molecule has 2 N–H and O–H groups in total. The molecule has 0 aromatic heterocycles. The van der Waals surface area contributed by atoms with E-state index < -0.39 is 15.1 Å². The molecule has 0 saturated heterocycles. The highest BCUT2D eigenvalue weighted by atomic mass is 32.2. The van der Waals surface area contributed by atoms with Gasteiger partial charge in [0.2, 0.25) is 0 Å². The summed E-state index contributed by atoms with van der Waals surface area (Å²) in [6.45, 7) is 3.95. The quantitative estimate of drug-likeness (QED) is 0.948. The Hall–Kier alpha value is -1.65. The van der Waals surface area contributed by atoms with Crippen molar-refractivity contribution in [2.24, 2.45) is 5.73 Å². The number of aryl methyl sites for hydroxylation is 2. The van der Waals surface area contributed by atoms with Crippen LogP contribution in [0.1, 0.15) is 22.6 Å². The number of sulfone groups is 1. The van der Waals surface area contributed by atoms with Crippen LogP contribution < -0.4 is 5.73 Å². The average Bonchev–Trinajstić information content (AvgIpc) is 3.12. The molecule has 0 heterocycles. The van der Waals surface area contributed by atoms with Crippen molar-refractivity contribution in [1.82, 2.24) is 0 Å². The van der Waals surface area contributed by atoms with Crippen LogP contribution in [0.4, 0.5) is 0 Å². The van der Waals surface area contributed by atoms with Crippen molar-refractivity contribution in [3.63, 3.8) is 0 Å². The molecule has 2 aromatic rings. The maximum atomic E-state index is 12.7. The zero-order valence-electron chi connectivity index (χ0n) is 12.2. The third-order valence-electron chi connectivity index (χ3n) is 4.18. The monoisotopic (exact) mass is 301 g/mol. The van der Waals surface area contributed by atoms with Gasteiger partial charge in [0, 0.05) is 12.0 Å². The van der Waals surface area contributed by atoms with Gasteiger partial charge in [-0.3, -0.25) is 0 Å². The SMILES string of the molecule is Cc1ccc([C@@H]2[C@H](N)[C@H]2S(=O)(=O)c2ccc(C)cc2)cc1. The second-order valence-corrected chi connectivity index (χ2v) is 7.94. The van der Waals surface area contributed by atoms with E-state index in [1.807, 2.05) is 50.2 Å². The first-order chi connectivity index (χ1) is 9.91. The summed E-state index contributed by atoms with van der Waals surface area (Å²) in [4.78, 5) is 0.364. The van der Waals surface area contributed by atoms with Crippen LogP contribution in [0.5, 0.6) is 0 Å². The smallest absolute Gasteiger partial charge is 0.183 e. The number of hydrogen-bond donors (Lipinski definition) is 1. The first-order valence-electron chi connectivity index (χ1n) is 7.04. The Morgan fingerprint density at radius 2 is 1.33 bits per heavy atom. The van der Waals surface area contributed by atoms with E-state index in [1.165, 1.54) is 0 Å². The molecule has 0 unspecified atom stereocenters. The molecule has 21 heavy (non-hydrogen) atoms. The van der Waals surface area contributed by atoms with E-state index >= 15 is 0 Å². The molecule has 2 aromatic carbocycles. The molecular formula is C17H19NO2S. The second kappa shape index (κ2) is 4.97. The normalized spacial score (nSPS) is 24.8. The second-order valence-electron chi connectivity index (χ2n) is 5.84. The molecule has 1 fully saturated rings. The third kappa shape index (κ3) is 2.49. The van der Waals surface area contributed by atoms with Gasteiger partial charge >= 0.3 is 0 Å². The van der Waals surface area contributed by atoms with Crippen LogP contribution in [-0.4, -0.2) is 19.7 Å². The van der Waals surface area contributed by atoms with Gasteiger partial charge in [-0.1, -0.05) is 47.5 Å². The number of benzene rings is 2. The van der Waals surface area contributed by atoms with Gasteiger partial charge < -0.3 is 5.73 Å². The van der Waals surface area contributed by atoms with E-state index in [9.17, 15) is 8.42 Å². The van der Waals surface area contributed by atoms with Gasteiger partial charge in [0.25, 0.3) is 0 Å². The summed E-state index contributed by atoms with van der Waals surface area (Å²) >= 11 is 0. The molecule has 0 radical (unpaired) electrons. The number of hydrogen-bond acceptors (Lipinski definition) is 3. The minimum absolute atomic E-state index is 0.100. The van der Waals surface area contributed by atoms with Crippen molar-refractivity contribution in [1.29, 1.82) is 0 Å². The molecule has 0 aliphatic heterocycles. The Balaban J connectivity index is 1.91. The third-order valence-corrected chi connectivity index (χ3v) is 6.43. The van der Waals surface area contributed by atoms with Gasteiger partial charge in [-0.2, -0.15) is 0 Å². The topological polar surface area (TPSA) is 60.2 Å². The Kier molecular flexibility index (Phi) is 3.38. The zero-order valence-corrected chi connectivity index (χ0v) is 13.0. The number of nitrogens with two attached hydrogens (primary N) is 1. The lowest BCUT2D eigenvalue weighted by Gasteiger charge is -2.05. The van der Waals surface area contributed by atoms with Crippen molar-refractivity contribution < 1.29 is 8.42 Å². The van der Waals surface area contributed by atoms with E-state index in [1.54, 1.807) is 12.1 Å². The van der Waals surface area contributed by atoms with Gasteiger partial charge in [0.05, 0.1) is 10.1 Å². The summed E-state index contributed by atoms with van der Waals surface area (Å²) in [6.07, 6.45) is 0. The molecule has 110 valence electrons. The fraction of sp³-hybridized carbons (Fsp3) is 0.294. The molecule has 0 bridgehead atoms. The van der Waals surface area contributed by atoms with Crippen LogP contribution in [0.15, 0.2) is 53.4 Å². The van der Waals surface area contributed by atoms with Crippen LogP contribution in [0.3, 0.4) is 0 Å². The molecule has 0 spiro atoms. The first kappa shape index (κ1) is 14.3. The maximum Gasteiger partial charge on any atom is 0.183 e. The van der Waals surface area contributed by atoms with Crippen LogP contribution in [0.2, 0.25) is 0 Å². The average molecular weight is 301 g/mol. The lowest BCUT2D eigenvalue weighted by atomic mass is 10.1. The Morgan fingerprint density at radius 3 is 1.86 bits per heavy atom. The first-order valence-corrected chi connectivity index (χ1v) is 8.58. The molecule has 3 nitrogen and oxygen atoms in total. The molecular weight excluding hydrogens is 282 g/mol. The van der Waals surface area contributed by atoms with Crippen molar-refractivity contribution in [3.05, 3.63) is 65.2 Å². The predicted octanol–water partition coefficient (Wildman–Crippen LogP) is 2.57. The Labute approximate surface area is 125 Å². The molecule has 1 aliphatic rings. The van der Waals surface area contributed by atoms with Gasteiger partial charge in [-0.15, -0.1) is 0 Å². The van der Waals surface area contributed by atoms with Gasteiger partial charge in [0.1, 0.15) is 0 Å². The summed E-state index contributed by atoms with van der Waals surface area (Å²) in [5, 5.41) is -0.511. The minimum atomic E-state index is -3.36. The Bertz CT molecular complexity index is 748. The fourth-order valence-corrected chi connectivity index (χ4v) is 4.84. The largest absolute Gasteiger partial charge is 0.326 e. The van der Waals surface area contributed by atoms with Crippen molar-refractivity contribution in [3.8, 4) is 0 Å². The van der Waals surface area contributed by atoms with Crippen molar-refractivity contribution in [2.75, 3.05) is 0 Å². The summed E-state index contributed by atoms with van der Waals surface area (Å²) in [6, 6.07) is 14.6. The summed E-state index contributed by atoms with van der Waals surface area (Å²) in [7, 11) is -3.36. The molecule has 4 heteroatoms. The van der Waals surface area contributed by atoms with Gasteiger partial charge in [0.15, 0.2) is 9.84 Å². The van der Waals surface area contributed by atoms with E-state index in [2.05, 4.69) is 0 Å². The Morgan fingerprint density at radius 1 is 0.857 bits per heavy atom. The van der Waals surface area contributed by atoms with Crippen LogP contribution in [-0.2, 0) is 9.84 Å². The lowest BCUT2D eigenvalue weighted by molar-refractivity contribution is 0.593.